The van der Waals surface area contributed by atoms with Gasteiger partial charge in [-0.05, 0) is 29.8 Å². The van der Waals surface area contributed by atoms with E-state index in [1.807, 2.05) is 0 Å². The Morgan fingerprint density at radius 3 is 2.40 bits per heavy atom. The molecule has 9 nitrogen and oxygen atoms in total. The zero-order valence-electron chi connectivity index (χ0n) is 13.0. The van der Waals surface area contributed by atoms with Gasteiger partial charge in [0.2, 0.25) is 0 Å². The highest BCUT2D eigenvalue weighted by Crippen LogP contribution is 2.27. The first-order chi connectivity index (χ1) is 11.8. The molecule has 10 heteroatoms. The number of rotatable bonds is 6. The minimum atomic E-state index is -4.26. The number of methoxy groups -OCH3 is 1. The minimum Gasteiger partial charge on any atom is -0.465 e. The van der Waals surface area contributed by atoms with Crippen LogP contribution in [0.2, 0.25) is 0 Å². The third kappa shape index (κ3) is 4.11. The number of aliphatic hydroxyl groups excluding tert-OH is 1. The summed E-state index contributed by atoms with van der Waals surface area (Å²) in [5, 5.41) is 20.2. The molecule has 2 rings (SSSR count). The van der Waals surface area contributed by atoms with E-state index >= 15 is 0 Å². The van der Waals surface area contributed by atoms with Crippen molar-refractivity contribution >= 4 is 27.4 Å². The van der Waals surface area contributed by atoms with Crippen LogP contribution in [0.4, 0.5) is 11.4 Å². The number of aliphatic hydroxyl groups is 1. The molecular weight excluding hydrogens is 352 g/mol. The predicted octanol–water partition coefficient (Wildman–Crippen LogP) is 1.67. The third-order valence-electron chi connectivity index (χ3n) is 3.25. The number of nitrogens with zero attached hydrogens (tertiary/aromatic N) is 1. The van der Waals surface area contributed by atoms with Crippen molar-refractivity contribution in [3.63, 3.8) is 0 Å². The molecule has 0 amide bonds. The van der Waals surface area contributed by atoms with Gasteiger partial charge in [0.15, 0.2) is 4.90 Å². The first-order valence-corrected chi connectivity index (χ1v) is 8.36. The molecule has 0 fully saturated rings. The number of carbonyl (C=O) groups excluding carboxylic acids is 1. The zero-order chi connectivity index (χ0) is 18.6. The van der Waals surface area contributed by atoms with Gasteiger partial charge in [-0.25, -0.2) is 13.2 Å². The first-order valence-electron chi connectivity index (χ1n) is 6.88. The fourth-order valence-corrected chi connectivity index (χ4v) is 3.23. The van der Waals surface area contributed by atoms with Crippen LogP contribution in [0.15, 0.2) is 47.4 Å². The highest BCUT2D eigenvalue weighted by Gasteiger charge is 2.27. The van der Waals surface area contributed by atoms with Crippen molar-refractivity contribution in [1.29, 1.82) is 0 Å². The van der Waals surface area contributed by atoms with Crippen molar-refractivity contribution < 1.29 is 28.0 Å². The van der Waals surface area contributed by atoms with Crippen LogP contribution in [-0.2, 0) is 21.4 Å². The lowest BCUT2D eigenvalue weighted by molar-refractivity contribution is -0.387. The largest absolute Gasteiger partial charge is 0.465 e. The molecule has 2 N–H and O–H groups in total. The van der Waals surface area contributed by atoms with Crippen molar-refractivity contribution in [2.45, 2.75) is 11.5 Å². The third-order valence-corrected chi connectivity index (χ3v) is 4.68. The molecule has 0 unspecified atom stereocenters. The second-order valence-electron chi connectivity index (χ2n) is 4.89. The molecule has 132 valence electrons. The van der Waals surface area contributed by atoms with E-state index in [0.29, 0.717) is 5.56 Å². The normalized spacial score (nSPS) is 11.0. The van der Waals surface area contributed by atoms with E-state index in [-0.39, 0.29) is 17.9 Å². The number of carbonyl (C=O) groups is 1. The van der Waals surface area contributed by atoms with Gasteiger partial charge in [-0.15, -0.1) is 0 Å². The molecule has 0 saturated heterocycles. The summed E-state index contributed by atoms with van der Waals surface area (Å²) in [6.45, 7) is -0.201. The van der Waals surface area contributed by atoms with Gasteiger partial charge >= 0.3 is 5.97 Å². The van der Waals surface area contributed by atoms with Crippen LogP contribution < -0.4 is 4.72 Å². The van der Waals surface area contributed by atoms with Gasteiger partial charge in [-0.3, -0.25) is 14.8 Å². The Bertz CT molecular complexity index is 908. The van der Waals surface area contributed by atoms with Gasteiger partial charge < -0.3 is 9.84 Å². The second-order valence-corrected chi connectivity index (χ2v) is 6.54. The molecular formula is C15H14N2O7S. The van der Waals surface area contributed by atoms with E-state index in [1.165, 1.54) is 24.3 Å². The molecule has 2 aromatic rings. The maximum absolute atomic E-state index is 12.5. The molecule has 25 heavy (non-hydrogen) atoms. The molecule has 0 heterocycles. The SMILES string of the molecule is COC(=O)c1ccc(S(=O)(=O)Nc2ccc(CO)cc2)c([N+](=O)[O-])c1. The van der Waals surface area contributed by atoms with Crippen molar-refractivity contribution in [2.75, 3.05) is 11.8 Å². The standard InChI is InChI=1S/C15H14N2O7S/c1-24-15(19)11-4-7-14(13(8-11)17(20)21)25(22,23)16-12-5-2-10(9-18)3-6-12/h2-8,16,18H,9H2,1H3. The zero-order valence-corrected chi connectivity index (χ0v) is 13.8. The Labute approximate surface area is 143 Å². The number of esters is 1. The quantitative estimate of drug-likeness (QED) is 0.451. The highest BCUT2D eigenvalue weighted by molar-refractivity contribution is 7.92. The van der Waals surface area contributed by atoms with E-state index in [1.54, 1.807) is 0 Å². The molecule has 0 aliphatic heterocycles. The Morgan fingerprint density at radius 2 is 1.88 bits per heavy atom. The number of hydrogen-bond acceptors (Lipinski definition) is 7. The summed E-state index contributed by atoms with van der Waals surface area (Å²) in [7, 11) is -3.16. The van der Waals surface area contributed by atoms with Gasteiger partial charge in [-0.2, -0.15) is 0 Å². The molecule has 0 atom stereocenters. The number of hydrogen-bond donors (Lipinski definition) is 2. The van der Waals surface area contributed by atoms with E-state index in [2.05, 4.69) is 9.46 Å². The van der Waals surface area contributed by atoms with Crippen molar-refractivity contribution in [3.8, 4) is 0 Å². The lowest BCUT2D eigenvalue weighted by atomic mass is 10.2. The monoisotopic (exact) mass is 366 g/mol. The average Bonchev–Trinajstić information content (AvgIpc) is 2.60. The van der Waals surface area contributed by atoms with Gasteiger partial charge in [-0.1, -0.05) is 12.1 Å². The summed E-state index contributed by atoms with van der Waals surface area (Å²) in [6, 6.07) is 8.78. The first kappa shape index (κ1) is 18.4. The molecule has 0 radical (unpaired) electrons. The lowest BCUT2D eigenvalue weighted by Gasteiger charge is -2.10. The van der Waals surface area contributed by atoms with Crippen LogP contribution in [0.3, 0.4) is 0 Å². The predicted molar refractivity (Wildman–Crippen MR) is 87.6 cm³/mol. The minimum absolute atomic E-state index is 0.138. The Morgan fingerprint density at radius 1 is 1.24 bits per heavy atom. The summed E-state index contributed by atoms with van der Waals surface area (Å²) in [5.41, 5.74) is -0.136. The topological polar surface area (TPSA) is 136 Å². The maximum Gasteiger partial charge on any atom is 0.338 e. The van der Waals surface area contributed by atoms with Crippen LogP contribution in [0.5, 0.6) is 0 Å². The molecule has 0 aliphatic rings. The van der Waals surface area contributed by atoms with E-state index in [9.17, 15) is 23.3 Å². The van der Waals surface area contributed by atoms with Crippen molar-refractivity contribution in [1.82, 2.24) is 0 Å². The van der Waals surface area contributed by atoms with Gasteiger partial charge in [0.25, 0.3) is 15.7 Å². The number of anilines is 1. The smallest absolute Gasteiger partial charge is 0.338 e. The van der Waals surface area contributed by atoms with E-state index in [0.717, 1.165) is 25.3 Å². The number of sulfonamides is 1. The van der Waals surface area contributed by atoms with Crippen molar-refractivity contribution in [2.24, 2.45) is 0 Å². The molecule has 0 bridgehead atoms. The summed E-state index contributed by atoms with van der Waals surface area (Å²) < 4.78 is 31.6. The summed E-state index contributed by atoms with van der Waals surface area (Å²) in [5.74, 6) is -0.820. The fourth-order valence-electron chi connectivity index (χ4n) is 2.02. The second kappa shape index (κ2) is 7.28. The summed E-state index contributed by atoms with van der Waals surface area (Å²) in [6.07, 6.45) is 0. The molecule has 0 aromatic heterocycles. The number of nitrogens with one attached hydrogen (secondary N) is 1. The number of nitro groups is 1. The summed E-state index contributed by atoms with van der Waals surface area (Å²) >= 11 is 0. The van der Waals surface area contributed by atoms with Crippen LogP contribution in [0.25, 0.3) is 0 Å². The molecule has 0 saturated carbocycles. The van der Waals surface area contributed by atoms with E-state index < -0.39 is 31.5 Å². The lowest BCUT2D eigenvalue weighted by Crippen LogP contribution is -2.15. The maximum atomic E-state index is 12.5. The van der Waals surface area contributed by atoms with Crippen LogP contribution in [0.1, 0.15) is 15.9 Å². The Kier molecular flexibility index (Phi) is 5.35. The highest BCUT2D eigenvalue weighted by atomic mass is 32.2. The Balaban J connectivity index is 2.43. The average molecular weight is 366 g/mol. The number of benzene rings is 2. The van der Waals surface area contributed by atoms with E-state index in [4.69, 9.17) is 5.11 Å². The summed E-state index contributed by atoms with van der Waals surface area (Å²) in [4.78, 5) is 21.2. The van der Waals surface area contributed by atoms with Crippen LogP contribution >= 0.6 is 0 Å². The van der Waals surface area contributed by atoms with Crippen LogP contribution in [0, 0.1) is 10.1 Å². The molecule has 2 aromatic carbocycles. The van der Waals surface area contributed by atoms with Gasteiger partial charge in [0, 0.05) is 11.8 Å². The number of ether oxygens (including phenoxy) is 1. The molecule has 0 spiro atoms. The fraction of sp³-hybridized carbons (Fsp3) is 0.133. The Hall–Kier alpha value is -2.98. The van der Waals surface area contributed by atoms with Crippen LogP contribution in [-0.4, -0.2) is 31.5 Å². The number of nitro benzene ring substituents is 1. The van der Waals surface area contributed by atoms with Gasteiger partial charge in [0.05, 0.1) is 24.2 Å². The van der Waals surface area contributed by atoms with Gasteiger partial charge in [0.1, 0.15) is 0 Å². The van der Waals surface area contributed by atoms with Crippen molar-refractivity contribution in [3.05, 3.63) is 63.7 Å². The molecule has 0 aliphatic carbocycles.